The summed E-state index contributed by atoms with van der Waals surface area (Å²) in [6, 6.07) is 5.23. The van der Waals surface area contributed by atoms with Gasteiger partial charge in [-0.15, -0.1) is 11.3 Å². The van der Waals surface area contributed by atoms with Gasteiger partial charge in [0.05, 0.1) is 6.42 Å². The van der Waals surface area contributed by atoms with Gasteiger partial charge in [-0.1, -0.05) is 11.6 Å². The van der Waals surface area contributed by atoms with Gasteiger partial charge < -0.3 is 10.6 Å². The molecule has 0 saturated carbocycles. The van der Waals surface area contributed by atoms with E-state index in [1.807, 2.05) is 23.6 Å². The third kappa shape index (κ3) is 2.76. The van der Waals surface area contributed by atoms with Crippen molar-refractivity contribution >= 4 is 44.8 Å². The van der Waals surface area contributed by atoms with Crippen molar-refractivity contribution in [3.8, 4) is 0 Å². The van der Waals surface area contributed by atoms with E-state index in [4.69, 9.17) is 17.3 Å². The molecule has 1 aromatic heterocycles. The molecule has 21 heavy (non-hydrogen) atoms. The second kappa shape index (κ2) is 5.66. The van der Waals surface area contributed by atoms with Crippen LogP contribution in [0.2, 0.25) is 5.02 Å². The van der Waals surface area contributed by atoms with Gasteiger partial charge in [0.2, 0.25) is 11.8 Å². The number of primary amides is 1. The molecule has 2 N–H and O–H groups in total. The van der Waals surface area contributed by atoms with Crippen molar-refractivity contribution in [1.29, 1.82) is 0 Å². The Labute approximate surface area is 131 Å². The van der Waals surface area contributed by atoms with Crippen LogP contribution in [0, 0.1) is 0 Å². The first kappa shape index (κ1) is 14.4. The van der Waals surface area contributed by atoms with E-state index in [9.17, 15) is 9.59 Å². The Bertz CT molecular complexity index is 713. The van der Waals surface area contributed by atoms with Gasteiger partial charge in [-0.25, -0.2) is 0 Å². The van der Waals surface area contributed by atoms with E-state index < -0.39 is 11.9 Å². The molecule has 0 aliphatic carbocycles. The second-order valence-corrected chi connectivity index (χ2v) is 6.57. The van der Waals surface area contributed by atoms with Gasteiger partial charge in [-0.05, 0) is 47.4 Å². The third-order valence-electron chi connectivity index (χ3n) is 3.86. The number of nitrogens with two attached hydrogens (primary N) is 1. The standard InChI is InChI=1S/C15H15ClN2O2S/c16-10-3-4-13-11(7-10)9(8-21-13)6-14(19)18-5-1-2-12(18)15(17)20/h3-4,7-8,12H,1-2,5-6H2,(H2,17,20). The van der Waals surface area contributed by atoms with Gasteiger partial charge in [0.1, 0.15) is 6.04 Å². The Kier molecular flexibility index (Phi) is 3.87. The maximum atomic E-state index is 12.4. The van der Waals surface area contributed by atoms with Crippen molar-refractivity contribution in [1.82, 2.24) is 4.90 Å². The molecule has 2 amide bonds. The van der Waals surface area contributed by atoms with Crippen molar-refractivity contribution in [3.63, 3.8) is 0 Å². The number of carbonyl (C=O) groups is 2. The monoisotopic (exact) mass is 322 g/mol. The summed E-state index contributed by atoms with van der Waals surface area (Å²) in [5, 5.41) is 3.65. The van der Waals surface area contributed by atoms with Gasteiger partial charge in [0.25, 0.3) is 0 Å². The largest absolute Gasteiger partial charge is 0.368 e. The van der Waals surface area contributed by atoms with E-state index in [1.165, 1.54) is 0 Å². The average Bonchev–Trinajstić information content (AvgIpc) is 3.06. The fraction of sp³-hybridized carbons (Fsp3) is 0.333. The second-order valence-electron chi connectivity index (χ2n) is 5.23. The molecule has 110 valence electrons. The number of hydrogen-bond acceptors (Lipinski definition) is 3. The Morgan fingerprint density at radius 1 is 1.43 bits per heavy atom. The molecule has 1 fully saturated rings. The van der Waals surface area contributed by atoms with Crippen LogP contribution in [0.1, 0.15) is 18.4 Å². The Balaban J connectivity index is 1.83. The molecule has 6 heteroatoms. The number of carbonyl (C=O) groups excluding carboxylic acids is 2. The summed E-state index contributed by atoms with van der Waals surface area (Å²) in [5.74, 6) is -0.463. The maximum Gasteiger partial charge on any atom is 0.240 e. The quantitative estimate of drug-likeness (QED) is 0.944. The van der Waals surface area contributed by atoms with Crippen LogP contribution in [0.3, 0.4) is 0 Å². The molecular formula is C15H15ClN2O2S. The summed E-state index contributed by atoms with van der Waals surface area (Å²) in [4.78, 5) is 25.4. The minimum absolute atomic E-state index is 0.0454. The van der Waals surface area contributed by atoms with E-state index >= 15 is 0 Å². The minimum atomic E-state index is -0.453. The smallest absolute Gasteiger partial charge is 0.240 e. The van der Waals surface area contributed by atoms with Crippen molar-refractivity contribution < 1.29 is 9.59 Å². The average molecular weight is 323 g/mol. The summed E-state index contributed by atoms with van der Waals surface area (Å²) in [6.45, 7) is 0.606. The van der Waals surface area contributed by atoms with Crippen molar-refractivity contribution in [3.05, 3.63) is 34.2 Å². The first-order valence-electron chi connectivity index (χ1n) is 6.80. The highest BCUT2D eigenvalue weighted by Crippen LogP contribution is 2.30. The fourth-order valence-electron chi connectivity index (χ4n) is 2.82. The lowest BCUT2D eigenvalue weighted by atomic mass is 10.1. The van der Waals surface area contributed by atoms with E-state index in [0.717, 1.165) is 22.1 Å². The third-order valence-corrected chi connectivity index (χ3v) is 5.11. The highest BCUT2D eigenvalue weighted by Gasteiger charge is 2.32. The number of halogens is 1. The van der Waals surface area contributed by atoms with Gasteiger partial charge in [0.15, 0.2) is 0 Å². The Hall–Kier alpha value is -1.59. The molecule has 1 aliphatic rings. The van der Waals surface area contributed by atoms with Crippen LogP contribution in [0.15, 0.2) is 23.6 Å². The molecule has 3 rings (SSSR count). The number of amides is 2. The maximum absolute atomic E-state index is 12.4. The van der Waals surface area contributed by atoms with Crippen LogP contribution in [0.5, 0.6) is 0 Å². The highest BCUT2D eigenvalue weighted by atomic mass is 35.5. The summed E-state index contributed by atoms with van der Waals surface area (Å²) in [7, 11) is 0. The first-order valence-corrected chi connectivity index (χ1v) is 8.06. The molecule has 2 heterocycles. The number of likely N-dealkylation sites (tertiary alicyclic amines) is 1. The van der Waals surface area contributed by atoms with E-state index in [2.05, 4.69) is 0 Å². The zero-order chi connectivity index (χ0) is 15.0. The molecule has 2 aromatic rings. The summed E-state index contributed by atoms with van der Waals surface area (Å²) < 4.78 is 1.11. The normalized spacial score (nSPS) is 18.3. The van der Waals surface area contributed by atoms with Crippen LogP contribution < -0.4 is 5.73 Å². The molecule has 1 unspecified atom stereocenters. The number of fused-ring (bicyclic) bond motifs is 1. The molecular weight excluding hydrogens is 308 g/mol. The summed E-state index contributed by atoms with van der Waals surface area (Å²) in [5.41, 5.74) is 6.32. The predicted molar refractivity (Wildman–Crippen MR) is 84.5 cm³/mol. The van der Waals surface area contributed by atoms with Gasteiger partial charge in [0, 0.05) is 16.3 Å². The van der Waals surface area contributed by atoms with E-state index in [0.29, 0.717) is 18.0 Å². The van der Waals surface area contributed by atoms with Crippen molar-refractivity contribution in [2.24, 2.45) is 5.73 Å². The van der Waals surface area contributed by atoms with Crippen LogP contribution in [0.4, 0.5) is 0 Å². The first-order chi connectivity index (χ1) is 10.1. The van der Waals surface area contributed by atoms with Crippen LogP contribution in [0.25, 0.3) is 10.1 Å². The van der Waals surface area contributed by atoms with Crippen LogP contribution in [-0.4, -0.2) is 29.3 Å². The molecule has 0 bridgehead atoms. The van der Waals surface area contributed by atoms with E-state index in [1.54, 1.807) is 16.2 Å². The van der Waals surface area contributed by atoms with Gasteiger partial charge in [-0.3, -0.25) is 9.59 Å². The predicted octanol–water partition coefficient (Wildman–Crippen LogP) is 2.57. The van der Waals surface area contributed by atoms with Gasteiger partial charge in [-0.2, -0.15) is 0 Å². The minimum Gasteiger partial charge on any atom is -0.368 e. The SMILES string of the molecule is NC(=O)C1CCCN1C(=O)Cc1csc2ccc(Cl)cc12. The summed E-state index contributed by atoms with van der Waals surface area (Å²) in [6.07, 6.45) is 1.77. The number of nitrogens with zero attached hydrogens (tertiary/aromatic N) is 1. The van der Waals surface area contributed by atoms with Crippen LogP contribution >= 0.6 is 22.9 Å². The molecule has 1 atom stereocenters. The molecule has 1 aliphatic heterocycles. The molecule has 0 spiro atoms. The topological polar surface area (TPSA) is 63.4 Å². The molecule has 1 saturated heterocycles. The zero-order valence-electron chi connectivity index (χ0n) is 11.3. The van der Waals surface area contributed by atoms with E-state index in [-0.39, 0.29) is 12.3 Å². The highest BCUT2D eigenvalue weighted by molar-refractivity contribution is 7.17. The molecule has 4 nitrogen and oxygen atoms in total. The van der Waals surface area contributed by atoms with Gasteiger partial charge >= 0.3 is 0 Å². The van der Waals surface area contributed by atoms with Crippen molar-refractivity contribution in [2.75, 3.05) is 6.54 Å². The summed E-state index contributed by atoms with van der Waals surface area (Å²) >= 11 is 7.62. The Morgan fingerprint density at radius 2 is 2.24 bits per heavy atom. The molecule has 1 aromatic carbocycles. The lowest BCUT2D eigenvalue weighted by molar-refractivity contribution is -0.136. The Morgan fingerprint density at radius 3 is 3.00 bits per heavy atom. The molecule has 0 radical (unpaired) electrons. The lowest BCUT2D eigenvalue weighted by Crippen LogP contribution is -2.44. The number of benzene rings is 1. The van der Waals surface area contributed by atoms with Crippen molar-refractivity contribution in [2.45, 2.75) is 25.3 Å². The zero-order valence-corrected chi connectivity index (χ0v) is 12.9. The lowest BCUT2D eigenvalue weighted by Gasteiger charge is -2.22. The number of thiophene rings is 1. The number of rotatable bonds is 3. The number of hydrogen-bond donors (Lipinski definition) is 1. The fourth-order valence-corrected chi connectivity index (χ4v) is 3.93. The van der Waals surface area contributed by atoms with Crippen LogP contribution in [-0.2, 0) is 16.0 Å².